The first-order valence-corrected chi connectivity index (χ1v) is 9.94. The lowest BCUT2D eigenvalue weighted by Crippen LogP contribution is -2.60. The number of dihydropyridines is 1. The van der Waals surface area contributed by atoms with Gasteiger partial charge in [0.25, 0.3) is 0 Å². The fraction of sp³-hybridized carbons (Fsp3) is 0.750. The molecule has 1 saturated carbocycles. The Morgan fingerprint density at radius 1 is 1.45 bits per heavy atom. The first-order valence-electron chi connectivity index (χ1n) is 7.53. The second-order valence-corrected chi connectivity index (χ2v) is 9.39. The molecule has 4 heteroatoms. The fourth-order valence-corrected chi connectivity index (χ4v) is 4.10. The Hall–Kier alpha value is -0.583. The lowest BCUT2D eigenvalue weighted by Gasteiger charge is -2.48. The van der Waals surface area contributed by atoms with E-state index in [4.69, 9.17) is 4.43 Å². The summed E-state index contributed by atoms with van der Waals surface area (Å²) in [5, 5.41) is 12.9. The number of aliphatic hydroxyl groups excluding tert-OH is 1. The largest absolute Gasteiger partial charge is 0.411 e. The van der Waals surface area contributed by atoms with E-state index in [1.54, 1.807) is 0 Å². The molecule has 1 heterocycles. The number of rotatable bonds is 5. The number of aliphatic hydroxyl groups is 1. The maximum absolute atomic E-state index is 9.27. The number of nitrogens with one attached hydrogen (secondary N) is 1. The molecule has 113 valence electrons. The van der Waals surface area contributed by atoms with Crippen molar-refractivity contribution in [3.8, 4) is 0 Å². The monoisotopic (exact) mass is 294 g/mol. The Labute approximate surface area is 124 Å². The van der Waals surface area contributed by atoms with E-state index in [1.165, 1.54) is 12.8 Å². The van der Waals surface area contributed by atoms with Crippen LogP contribution in [-0.2, 0) is 4.43 Å². The third kappa shape index (κ3) is 3.18. The summed E-state index contributed by atoms with van der Waals surface area (Å²) in [6.07, 6.45) is 8.94. The summed E-state index contributed by atoms with van der Waals surface area (Å²) in [5.74, 6) is 0.640. The van der Waals surface area contributed by atoms with Gasteiger partial charge in [0.2, 0.25) is 9.04 Å². The highest BCUT2D eigenvalue weighted by molar-refractivity contribution is 6.48. The molecule has 2 unspecified atom stereocenters. The Bertz CT molecular complexity index is 407. The summed E-state index contributed by atoms with van der Waals surface area (Å²) < 4.78 is 6.42. The van der Waals surface area contributed by atoms with Crippen LogP contribution in [0.4, 0.5) is 0 Å². The molecule has 20 heavy (non-hydrogen) atoms. The van der Waals surface area contributed by atoms with Crippen molar-refractivity contribution in [1.82, 2.24) is 5.32 Å². The summed E-state index contributed by atoms with van der Waals surface area (Å²) in [7, 11) is -0.770. The van der Waals surface area contributed by atoms with Gasteiger partial charge in [0.15, 0.2) is 0 Å². The predicted molar refractivity (Wildman–Crippen MR) is 84.7 cm³/mol. The summed E-state index contributed by atoms with van der Waals surface area (Å²) in [5.41, 5.74) is 0.901. The molecule has 1 aliphatic heterocycles. The molecular formula is C16H28NO2Si. The van der Waals surface area contributed by atoms with E-state index in [2.05, 4.69) is 51.3 Å². The second-order valence-electron chi connectivity index (χ2n) is 7.33. The van der Waals surface area contributed by atoms with Gasteiger partial charge in [-0.05, 0) is 42.8 Å². The van der Waals surface area contributed by atoms with Crippen molar-refractivity contribution < 1.29 is 9.53 Å². The minimum atomic E-state index is -0.770. The normalized spacial score (nSPS) is 28.2. The average Bonchev–Trinajstić information content (AvgIpc) is 3.19. The van der Waals surface area contributed by atoms with Gasteiger partial charge in [0.05, 0.1) is 18.2 Å². The third-order valence-electron chi connectivity index (χ3n) is 4.09. The molecule has 2 rings (SSSR count). The molecule has 1 fully saturated rings. The predicted octanol–water partition coefficient (Wildman–Crippen LogP) is 2.85. The zero-order valence-corrected chi connectivity index (χ0v) is 14.4. The molecule has 0 aromatic heterocycles. The Morgan fingerprint density at radius 2 is 2.10 bits per heavy atom. The number of hydrogen-bond donors (Lipinski definition) is 2. The van der Waals surface area contributed by atoms with Gasteiger partial charge in [0.1, 0.15) is 0 Å². The fourth-order valence-electron chi connectivity index (χ4n) is 3.08. The van der Waals surface area contributed by atoms with Crippen LogP contribution in [0.25, 0.3) is 0 Å². The molecule has 2 N–H and O–H groups in total. The van der Waals surface area contributed by atoms with Crippen LogP contribution in [0, 0.1) is 11.3 Å². The minimum absolute atomic E-state index is 0.0758. The first-order chi connectivity index (χ1) is 9.29. The van der Waals surface area contributed by atoms with Crippen LogP contribution in [0.2, 0.25) is 13.1 Å². The molecule has 0 spiro atoms. The van der Waals surface area contributed by atoms with E-state index >= 15 is 0 Å². The van der Waals surface area contributed by atoms with Gasteiger partial charge in [-0.15, -0.1) is 0 Å². The van der Waals surface area contributed by atoms with Crippen LogP contribution in [0.3, 0.4) is 0 Å². The van der Waals surface area contributed by atoms with E-state index in [1.807, 2.05) is 6.20 Å². The van der Waals surface area contributed by atoms with Gasteiger partial charge in [-0.1, -0.05) is 32.9 Å². The molecule has 0 aromatic carbocycles. The van der Waals surface area contributed by atoms with Crippen molar-refractivity contribution in [2.45, 2.75) is 58.3 Å². The van der Waals surface area contributed by atoms with Crippen LogP contribution in [0.15, 0.2) is 23.9 Å². The standard InChI is InChI=1S/C16H28NO2Si/c1-15(2,3)14(19-20(4)5)16(13-6-7-13)9-8-12(11-18)10-17-16/h8-10,13-14,17-18H,6-7,11H2,1-5H3. The van der Waals surface area contributed by atoms with Gasteiger partial charge < -0.3 is 14.8 Å². The van der Waals surface area contributed by atoms with Crippen LogP contribution < -0.4 is 5.32 Å². The van der Waals surface area contributed by atoms with Gasteiger partial charge in [-0.2, -0.15) is 0 Å². The number of hydrogen-bond acceptors (Lipinski definition) is 3. The van der Waals surface area contributed by atoms with Gasteiger partial charge in [0, 0.05) is 6.20 Å². The molecule has 2 atom stereocenters. The zero-order chi connectivity index (χ0) is 15.0. The van der Waals surface area contributed by atoms with Gasteiger partial charge in [-0.25, -0.2) is 0 Å². The molecule has 1 radical (unpaired) electrons. The van der Waals surface area contributed by atoms with Crippen molar-refractivity contribution in [2.75, 3.05) is 6.61 Å². The molecular weight excluding hydrogens is 266 g/mol. The SMILES string of the molecule is C[Si](C)OC(C(C)(C)C)C1(C2CC2)C=CC(CO)=CN1. The van der Waals surface area contributed by atoms with Crippen LogP contribution in [0.1, 0.15) is 33.6 Å². The van der Waals surface area contributed by atoms with Crippen LogP contribution >= 0.6 is 0 Å². The summed E-state index contributed by atoms with van der Waals surface area (Å²) in [6.45, 7) is 11.3. The Kier molecular flexibility index (Phi) is 4.47. The lowest BCUT2D eigenvalue weighted by molar-refractivity contribution is 0.0137. The highest BCUT2D eigenvalue weighted by atomic mass is 28.3. The second kappa shape index (κ2) is 5.66. The molecule has 3 nitrogen and oxygen atoms in total. The highest BCUT2D eigenvalue weighted by Crippen LogP contribution is 2.48. The van der Waals surface area contributed by atoms with Crippen molar-refractivity contribution in [3.63, 3.8) is 0 Å². The first kappa shape index (κ1) is 15.8. The highest BCUT2D eigenvalue weighted by Gasteiger charge is 2.53. The van der Waals surface area contributed by atoms with Crippen molar-refractivity contribution in [3.05, 3.63) is 23.9 Å². The van der Waals surface area contributed by atoms with Crippen LogP contribution in [0.5, 0.6) is 0 Å². The Morgan fingerprint density at radius 3 is 2.45 bits per heavy atom. The lowest BCUT2D eigenvalue weighted by atomic mass is 9.72. The topological polar surface area (TPSA) is 41.5 Å². The average molecular weight is 294 g/mol. The zero-order valence-electron chi connectivity index (χ0n) is 13.4. The summed E-state index contributed by atoms with van der Waals surface area (Å²) in [4.78, 5) is 0. The van der Waals surface area contributed by atoms with Crippen molar-refractivity contribution in [2.24, 2.45) is 11.3 Å². The van der Waals surface area contributed by atoms with Crippen LogP contribution in [-0.4, -0.2) is 32.4 Å². The van der Waals surface area contributed by atoms with Gasteiger partial charge >= 0.3 is 0 Å². The summed E-state index contributed by atoms with van der Waals surface area (Å²) >= 11 is 0. The summed E-state index contributed by atoms with van der Waals surface area (Å²) in [6, 6.07) is 0. The molecule has 1 aliphatic carbocycles. The Balaban J connectivity index is 2.31. The molecule has 0 saturated heterocycles. The van der Waals surface area contributed by atoms with E-state index in [0.29, 0.717) is 5.92 Å². The maximum Gasteiger partial charge on any atom is 0.205 e. The van der Waals surface area contributed by atoms with E-state index in [9.17, 15) is 5.11 Å². The minimum Gasteiger partial charge on any atom is -0.411 e. The molecule has 0 amide bonds. The van der Waals surface area contributed by atoms with E-state index in [-0.39, 0.29) is 23.7 Å². The molecule has 0 aromatic rings. The van der Waals surface area contributed by atoms with Crippen molar-refractivity contribution >= 4 is 9.04 Å². The van der Waals surface area contributed by atoms with Gasteiger partial charge in [-0.3, -0.25) is 0 Å². The van der Waals surface area contributed by atoms with E-state index in [0.717, 1.165) is 5.57 Å². The third-order valence-corrected chi connectivity index (χ3v) is 4.80. The van der Waals surface area contributed by atoms with E-state index < -0.39 is 9.04 Å². The molecule has 2 aliphatic rings. The smallest absolute Gasteiger partial charge is 0.205 e. The van der Waals surface area contributed by atoms with Crippen molar-refractivity contribution in [1.29, 1.82) is 0 Å². The maximum atomic E-state index is 9.27. The molecule has 0 bridgehead atoms. The quantitative estimate of drug-likeness (QED) is 0.766.